The number of benzene rings is 2. The normalized spacial score (nSPS) is 12.4. The Kier molecular flexibility index (Phi) is 5.51. The van der Waals surface area contributed by atoms with Crippen molar-refractivity contribution in [2.45, 2.75) is 19.9 Å². The molecule has 27 heavy (non-hydrogen) atoms. The third kappa shape index (κ3) is 4.31. The number of nitrogens with one attached hydrogen (secondary N) is 1. The highest BCUT2D eigenvalue weighted by molar-refractivity contribution is 5.98. The van der Waals surface area contributed by atoms with Gasteiger partial charge in [0, 0.05) is 11.9 Å². The van der Waals surface area contributed by atoms with Crippen LogP contribution in [0.15, 0.2) is 48.5 Å². The van der Waals surface area contributed by atoms with Gasteiger partial charge < -0.3 is 10.2 Å². The molecule has 1 N–H and O–H groups in total. The fourth-order valence-corrected chi connectivity index (χ4v) is 3.22. The third-order valence-corrected chi connectivity index (χ3v) is 4.72. The zero-order valence-corrected chi connectivity index (χ0v) is 16.1. The van der Waals surface area contributed by atoms with Crippen LogP contribution in [-0.4, -0.2) is 36.4 Å². The Hall–Kier alpha value is -2.79. The van der Waals surface area contributed by atoms with Crippen LogP contribution >= 0.6 is 0 Å². The molecule has 140 valence electrons. The number of nitrogens with zero attached hydrogens (tertiary/aromatic N) is 2. The molecule has 5 heteroatoms. The molecule has 0 spiro atoms. The number of pyridine rings is 1. The van der Waals surface area contributed by atoms with Crippen molar-refractivity contribution in [1.82, 2.24) is 15.2 Å². The van der Waals surface area contributed by atoms with E-state index in [9.17, 15) is 9.18 Å². The molecule has 1 aromatic heterocycles. The molecule has 1 heterocycles. The maximum Gasteiger partial charge on any atom is 0.253 e. The summed E-state index contributed by atoms with van der Waals surface area (Å²) in [6, 6.07) is 14.2. The second-order valence-corrected chi connectivity index (χ2v) is 7.06. The fourth-order valence-electron chi connectivity index (χ4n) is 3.22. The SMILES string of the molecule is Cc1ccc2nc(C)c(C(=O)NCC(c3cccc(F)c3)N(C)C)cc2c1. The summed E-state index contributed by atoms with van der Waals surface area (Å²) in [6.07, 6.45) is 0. The monoisotopic (exact) mass is 365 g/mol. The van der Waals surface area contributed by atoms with Crippen molar-refractivity contribution in [3.8, 4) is 0 Å². The topological polar surface area (TPSA) is 45.2 Å². The highest BCUT2D eigenvalue weighted by Crippen LogP contribution is 2.20. The Labute approximate surface area is 159 Å². The summed E-state index contributed by atoms with van der Waals surface area (Å²) in [4.78, 5) is 19.3. The number of likely N-dealkylation sites (N-methyl/N-ethyl adjacent to an activating group) is 1. The summed E-state index contributed by atoms with van der Waals surface area (Å²) in [5, 5.41) is 3.92. The molecule has 1 unspecified atom stereocenters. The first-order valence-corrected chi connectivity index (χ1v) is 8.93. The summed E-state index contributed by atoms with van der Waals surface area (Å²) in [7, 11) is 3.82. The molecule has 0 saturated carbocycles. The standard InChI is InChI=1S/C22H24FN3O/c1-14-8-9-20-17(10-14)12-19(15(2)25-20)22(27)24-13-21(26(3)4)16-6-5-7-18(23)11-16/h5-12,21H,13H2,1-4H3,(H,24,27). The van der Waals surface area contributed by atoms with Crippen molar-refractivity contribution in [3.05, 3.63) is 76.7 Å². The first-order chi connectivity index (χ1) is 12.8. The number of carbonyl (C=O) groups excluding carboxylic acids is 1. The number of carbonyl (C=O) groups is 1. The molecule has 0 aliphatic rings. The molecular formula is C22H24FN3O. The second kappa shape index (κ2) is 7.84. The van der Waals surface area contributed by atoms with Crippen LogP contribution in [-0.2, 0) is 0 Å². The summed E-state index contributed by atoms with van der Waals surface area (Å²) < 4.78 is 13.6. The van der Waals surface area contributed by atoms with Gasteiger partial charge in [0.15, 0.2) is 0 Å². The third-order valence-electron chi connectivity index (χ3n) is 4.72. The maximum absolute atomic E-state index is 13.6. The average Bonchev–Trinajstić information content (AvgIpc) is 2.61. The van der Waals surface area contributed by atoms with Crippen LogP contribution in [0.3, 0.4) is 0 Å². The van der Waals surface area contributed by atoms with E-state index in [-0.39, 0.29) is 17.8 Å². The van der Waals surface area contributed by atoms with Gasteiger partial charge in [-0.25, -0.2) is 4.39 Å². The Morgan fingerprint density at radius 2 is 1.93 bits per heavy atom. The van der Waals surface area contributed by atoms with Crippen molar-refractivity contribution >= 4 is 16.8 Å². The highest BCUT2D eigenvalue weighted by Gasteiger charge is 2.18. The zero-order chi connectivity index (χ0) is 19.6. The highest BCUT2D eigenvalue weighted by atomic mass is 19.1. The number of aryl methyl sites for hydroxylation is 2. The summed E-state index contributed by atoms with van der Waals surface area (Å²) in [5.74, 6) is -0.456. The lowest BCUT2D eigenvalue weighted by molar-refractivity contribution is 0.0941. The van der Waals surface area contributed by atoms with Crippen molar-refractivity contribution in [1.29, 1.82) is 0 Å². The van der Waals surface area contributed by atoms with E-state index in [1.807, 2.05) is 63.2 Å². The van der Waals surface area contributed by atoms with Gasteiger partial charge in [-0.3, -0.25) is 9.78 Å². The van der Waals surface area contributed by atoms with Gasteiger partial charge in [-0.2, -0.15) is 0 Å². The van der Waals surface area contributed by atoms with Crippen LogP contribution < -0.4 is 5.32 Å². The smallest absolute Gasteiger partial charge is 0.253 e. The maximum atomic E-state index is 13.6. The van der Waals surface area contributed by atoms with Crippen LogP contribution in [0.4, 0.5) is 4.39 Å². The van der Waals surface area contributed by atoms with Crippen molar-refractivity contribution in [3.63, 3.8) is 0 Å². The molecule has 0 aliphatic heterocycles. The lowest BCUT2D eigenvalue weighted by atomic mass is 10.0. The minimum atomic E-state index is -0.282. The molecular weight excluding hydrogens is 341 g/mol. The zero-order valence-electron chi connectivity index (χ0n) is 16.1. The van der Waals surface area contributed by atoms with Gasteiger partial charge in [0.25, 0.3) is 5.91 Å². The molecule has 0 fully saturated rings. The number of fused-ring (bicyclic) bond motifs is 1. The number of amides is 1. The summed E-state index contributed by atoms with van der Waals surface area (Å²) in [5.41, 5.74) is 4.07. The molecule has 3 aromatic rings. The van der Waals surface area contributed by atoms with E-state index in [4.69, 9.17) is 0 Å². The van der Waals surface area contributed by atoms with Gasteiger partial charge in [0.2, 0.25) is 0 Å². The second-order valence-electron chi connectivity index (χ2n) is 7.06. The van der Waals surface area contributed by atoms with Gasteiger partial charge in [0.05, 0.1) is 22.8 Å². The predicted molar refractivity (Wildman–Crippen MR) is 106 cm³/mol. The molecule has 1 atom stereocenters. The molecule has 0 bridgehead atoms. The average molecular weight is 365 g/mol. The Morgan fingerprint density at radius 1 is 1.15 bits per heavy atom. The van der Waals surface area contributed by atoms with Crippen molar-refractivity contribution in [2.24, 2.45) is 0 Å². The van der Waals surface area contributed by atoms with E-state index < -0.39 is 0 Å². The van der Waals surface area contributed by atoms with Gasteiger partial charge in [-0.1, -0.05) is 23.8 Å². The molecule has 0 radical (unpaired) electrons. The van der Waals surface area contributed by atoms with E-state index in [2.05, 4.69) is 10.3 Å². The number of rotatable bonds is 5. The van der Waals surface area contributed by atoms with Crippen molar-refractivity contribution < 1.29 is 9.18 Å². The number of halogens is 1. The Bertz CT molecular complexity index is 984. The minimum Gasteiger partial charge on any atom is -0.350 e. The van der Waals surface area contributed by atoms with E-state index in [1.54, 1.807) is 6.07 Å². The lowest BCUT2D eigenvalue weighted by Gasteiger charge is -2.25. The van der Waals surface area contributed by atoms with E-state index in [0.29, 0.717) is 17.8 Å². The van der Waals surface area contributed by atoms with Gasteiger partial charge in [0.1, 0.15) is 5.82 Å². The first-order valence-electron chi connectivity index (χ1n) is 8.93. The fraction of sp³-hybridized carbons (Fsp3) is 0.273. The van der Waals surface area contributed by atoms with Crippen LogP contribution in [0, 0.1) is 19.7 Å². The number of aromatic nitrogens is 1. The Morgan fingerprint density at radius 3 is 2.63 bits per heavy atom. The van der Waals surface area contributed by atoms with Gasteiger partial charge in [-0.05, 0) is 63.8 Å². The number of hydrogen-bond acceptors (Lipinski definition) is 3. The van der Waals surface area contributed by atoms with E-state index in [1.165, 1.54) is 12.1 Å². The lowest BCUT2D eigenvalue weighted by Crippen LogP contribution is -2.35. The molecule has 1 amide bonds. The molecule has 2 aromatic carbocycles. The van der Waals surface area contributed by atoms with Gasteiger partial charge >= 0.3 is 0 Å². The quantitative estimate of drug-likeness (QED) is 0.743. The number of hydrogen-bond donors (Lipinski definition) is 1. The molecule has 3 rings (SSSR count). The van der Waals surface area contributed by atoms with E-state index in [0.717, 1.165) is 22.0 Å². The van der Waals surface area contributed by atoms with Crippen LogP contribution in [0.1, 0.15) is 33.2 Å². The largest absolute Gasteiger partial charge is 0.350 e. The van der Waals surface area contributed by atoms with Crippen LogP contribution in [0.25, 0.3) is 10.9 Å². The predicted octanol–water partition coefficient (Wildman–Crippen LogP) is 4.02. The van der Waals surface area contributed by atoms with Crippen molar-refractivity contribution in [2.75, 3.05) is 20.6 Å². The first kappa shape index (κ1) is 19.0. The summed E-state index contributed by atoms with van der Waals surface area (Å²) >= 11 is 0. The van der Waals surface area contributed by atoms with Gasteiger partial charge in [-0.15, -0.1) is 0 Å². The minimum absolute atomic E-state index is 0.124. The molecule has 0 saturated heterocycles. The summed E-state index contributed by atoms with van der Waals surface area (Å²) in [6.45, 7) is 4.23. The molecule has 4 nitrogen and oxygen atoms in total. The van der Waals surface area contributed by atoms with Crippen LogP contribution in [0.5, 0.6) is 0 Å². The Balaban J connectivity index is 1.82. The van der Waals surface area contributed by atoms with E-state index >= 15 is 0 Å². The molecule has 0 aliphatic carbocycles. The van der Waals surface area contributed by atoms with Crippen LogP contribution in [0.2, 0.25) is 0 Å².